The maximum Gasteiger partial charge on any atom is 0.319 e. The molecule has 7 heteroatoms. The van der Waals surface area contributed by atoms with Crippen molar-refractivity contribution in [2.45, 2.75) is 26.9 Å². The summed E-state index contributed by atoms with van der Waals surface area (Å²) in [5.74, 6) is 1.73. The van der Waals surface area contributed by atoms with Crippen LogP contribution in [-0.4, -0.2) is 26.4 Å². The predicted octanol–water partition coefficient (Wildman–Crippen LogP) is 3.82. The van der Waals surface area contributed by atoms with Crippen LogP contribution in [0, 0.1) is 13.8 Å². The lowest BCUT2D eigenvalue weighted by Crippen LogP contribution is -2.09. The van der Waals surface area contributed by atoms with Crippen molar-refractivity contribution in [3.63, 3.8) is 0 Å². The number of methoxy groups -OCH3 is 1. The third-order valence-electron chi connectivity index (χ3n) is 3.82. The highest BCUT2D eigenvalue weighted by Gasteiger charge is 2.20. The minimum absolute atomic E-state index is 0.358. The molecule has 2 aromatic heterocycles. The van der Waals surface area contributed by atoms with Gasteiger partial charge >= 0.3 is 6.55 Å². The van der Waals surface area contributed by atoms with Crippen molar-refractivity contribution in [2.75, 3.05) is 7.11 Å². The van der Waals surface area contributed by atoms with Gasteiger partial charge in [0.25, 0.3) is 0 Å². The summed E-state index contributed by atoms with van der Waals surface area (Å²) < 4.78 is 34.4. The van der Waals surface area contributed by atoms with Crippen LogP contribution in [0.1, 0.15) is 23.6 Å². The van der Waals surface area contributed by atoms with Gasteiger partial charge in [-0.2, -0.15) is 13.9 Å². The van der Waals surface area contributed by atoms with Crippen molar-refractivity contribution in [2.24, 2.45) is 0 Å². The lowest BCUT2D eigenvalue weighted by molar-refractivity contribution is 0.0702. The van der Waals surface area contributed by atoms with Gasteiger partial charge in [-0.1, -0.05) is 12.1 Å². The summed E-state index contributed by atoms with van der Waals surface area (Å²) in [5, 5.41) is 4.35. The van der Waals surface area contributed by atoms with Crippen LogP contribution in [0.4, 0.5) is 8.78 Å². The van der Waals surface area contributed by atoms with E-state index in [1.54, 1.807) is 37.8 Å². The molecule has 0 radical (unpaired) electrons. The SMILES string of the molecule is COc1ccc(Cn2nc(C)nc2-c2ccc(C)n2C(F)F)cc1. The molecule has 0 N–H and O–H groups in total. The van der Waals surface area contributed by atoms with Gasteiger partial charge < -0.3 is 4.74 Å². The van der Waals surface area contributed by atoms with E-state index in [1.807, 2.05) is 24.3 Å². The number of alkyl halides is 2. The van der Waals surface area contributed by atoms with Gasteiger partial charge in [-0.05, 0) is 43.7 Å². The van der Waals surface area contributed by atoms with Crippen LogP contribution >= 0.6 is 0 Å². The lowest BCUT2D eigenvalue weighted by Gasteiger charge is -2.11. The topological polar surface area (TPSA) is 44.9 Å². The molecule has 0 aliphatic rings. The molecule has 0 aliphatic carbocycles. The normalized spacial score (nSPS) is 11.2. The minimum atomic E-state index is -2.62. The number of hydrogen-bond donors (Lipinski definition) is 0. The molecule has 0 fully saturated rings. The molecule has 3 aromatic rings. The molecule has 1 aromatic carbocycles. The number of benzene rings is 1. The molecule has 0 saturated heterocycles. The second-order valence-electron chi connectivity index (χ2n) is 5.50. The van der Waals surface area contributed by atoms with E-state index in [0.717, 1.165) is 15.9 Å². The quantitative estimate of drug-likeness (QED) is 0.713. The van der Waals surface area contributed by atoms with Crippen molar-refractivity contribution in [1.82, 2.24) is 19.3 Å². The first-order valence-corrected chi connectivity index (χ1v) is 7.50. The largest absolute Gasteiger partial charge is 0.497 e. The van der Waals surface area contributed by atoms with Gasteiger partial charge in [0.05, 0.1) is 19.3 Å². The standard InChI is InChI=1S/C17H18F2N4O/c1-11-4-9-15(23(11)17(18)19)16-20-12(2)21-22(16)10-13-5-7-14(24-3)8-6-13/h4-9,17H,10H2,1-3H3. The molecule has 0 bridgehead atoms. The maximum absolute atomic E-state index is 13.3. The molecule has 0 atom stereocenters. The Morgan fingerprint density at radius 3 is 2.42 bits per heavy atom. The lowest BCUT2D eigenvalue weighted by atomic mass is 10.2. The van der Waals surface area contributed by atoms with E-state index in [2.05, 4.69) is 10.1 Å². The van der Waals surface area contributed by atoms with Gasteiger partial charge in [-0.3, -0.25) is 4.57 Å². The smallest absolute Gasteiger partial charge is 0.319 e. The number of aromatic nitrogens is 4. The molecule has 0 spiro atoms. The van der Waals surface area contributed by atoms with Crippen LogP contribution in [0.15, 0.2) is 36.4 Å². The average Bonchev–Trinajstić information content (AvgIpc) is 3.10. The molecule has 5 nitrogen and oxygen atoms in total. The summed E-state index contributed by atoms with van der Waals surface area (Å²) in [6.45, 7) is 1.21. The molecule has 0 aliphatic heterocycles. The van der Waals surface area contributed by atoms with E-state index < -0.39 is 6.55 Å². The molecule has 3 rings (SSSR count). The Bertz CT molecular complexity index is 837. The fourth-order valence-corrected chi connectivity index (χ4v) is 2.65. The van der Waals surface area contributed by atoms with Crippen molar-refractivity contribution in [3.05, 3.63) is 53.5 Å². The van der Waals surface area contributed by atoms with E-state index in [4.69, 9.17) is 4.74 Å². The van der Waals surface area contributed by atoms with Gasteiger partial charge in [0.1, 0.15) is 11.6 Å². The molecule has 24 heavy (non-hydrogen) atoms. The molecule has 0 amide bonds. The number of ether oxygens (including phenoxy) is 1. The number of nitrogens with zero attached hydrogens (tertiary/aromatic N) is 4. The minimum Gasteiger partial charge on any atom is -0.497 e. The van der Waals surface area contributed by atoms with Gasteiger partial charge in [0.15, 0.2) is 5.82 Å². The molecular formula is C17H18F2N4O. The Kier molecular flexibility index (Phi) is 4.33. The predicted molar refractivity (Wildman–Crippen MR) is 86.3 cm³/mol. The molecule has 2 heterocycles. The molecule has 0 unspecified atom stereocenters. The highest BCUT2D eigenvalue weighted by Crippen LogP contribution is 2.27. The summed E-state index contributed by atoms with van der Waals surface area (Å²) in [6, 6.07) is 10.8. The fraction of sp³-hybridized carbons (Fsp3) is 0.294. The third kappa shape index (κ3) is 3.02. The van der Waals surface area contributed by atoms with Crippen molar-refractivity contribution < 1.29 is 13.5 Å². The van der Waals surface area contributed by atoms with Crippen molar-refractivity contribution in [1.29, 1.82) is 0 Å². The van der Waals surface area contributed by atoms with Crippen LogP contribution in [-0.2, 0) is 6.54 Å². The summed E-state index contributed by atoms with van der Waals surface area (Å²) in [6.07, 6.45) is 0. The highest BCUT2D eigenvalue weighted by atomic mass is 19.3. The summed E-state index contributed by atoms with van der Waals surface area (Å²) in [5.41, 5.74) is 1.82. The number of aryl methyl sites for hydroxylation is 2. The Morgan fingerprint density at radius 1 is 1.08 bits per heavy atom. The van der Waals surface area contributed by atoms with Gasteiger partial charge in [-0.25, -0.2) is 9.67 Å². The monoisotopic (exact) mass is 332 g/mol. The zero-order valence-electron chi connectivity index (χ0n) is 13.7. The molecule has 0 saturated carbocycles. The second-order valence-corrected chi connectivity index (χ2v) is 5.50. The summed E-state index contributed by atoms with van der Waals surface area (Å²) >= 11 is 0. The Balaban J connectivity index is 1.99. The van der Waals surface area contributed by atoms with E-state index in [-0.39, 0.29) is 0 Å². The van der Waals surface area contributed by atoms with Crippen LogP contribution in [0.5, 0.6) is 5.75 Å². The maximum atomic E-state index is 13.3. The number of hydrogen-bond acceptors (Lipinski definition) is 3. The number of rotatable bonds is 5. The van der Waals surface area contributed by atoms with Gasteiger partial charge in [-0.15, -0.1) is 0 Å². The first-order chi connectivity index (χ1) is 11.5. The van der Waals surface area contributed by atoms with E-state index in [1.165, 1.54) is 0 Å². The van der Waals surface area contributed by atoms with E-state index >= 15 is 0 Å². The Labute approximate surface area is 138 Å². The second kappa shape index (κ2) is 6.43. The van der Waals surface area contributed by atoms with Crippen LogP contribution < -0.4 is 4.74 Å². The summed E-state index contributed by atoms with van der Waals surface area (Å²) in [7, 11) is 1.61. The Hall–Kier alpha value is -2.70. The first kappa shape index (κ1) is 16.2. The zero-order valence-corrected chi connectivity index (χ0v) is 13.7. The van der Waals surface area contributed by atoms with Crippen molar-refractivity contribution in [3.8, 4) is 17.3 Å². The van der Waals surface area contributed by atoms with Crippen LogP contribution in [0.3, 0.4) is 0 Å². The van der Waals surface area contributed by atoms with Gasteiger partial charge in [0.2, 0.25) is 0 Å². The van der Waals surface area contributed by atoms with Crippen molar-refractivity contribution >= 4 is 0 Å². The number of halogens is 2. The zero-order chi connectivity index (χ0) is 17.3. The van der Waals surface area contributed by atoms with Crippen LogP contribution in [0.25, 0.3) is 11.5 Å². The molecule has 126 valence electrons. The van der Waals surface area contributed by atoms with E-state index in [9.17, 15) is 8.78 Å². The first-order valence-electron chi connectivity index (χ1n) is 7.50. The Morgan fingerprint density at radius 2 is 1.79 bits per heavy atom. The van der Waals surface area contributed by atoms with Gasteiger partial charge in [0, 0.05) is 5.69 Å². The van der Waals surface area contributed by atoms with Crippen LogP contribution in [0.2, 0.25) is 0 Å². The third-order valence-corrected chi connectivity index (χ3v) is 3.82. The average molecular weight is 332 g/mol. The summed E-state index contributed by atoms with van der Waals surface area (Å²) in [4.78, 5) is 4.34. The van der Waals surface area contributed by atoms with E-state index in [0.29, 0.717) is 29.6 Å². The fourth-order valence-electron chi connectivity index (χ4n) is 2.65. The highest BCUT2D eigenvalue weighted by molar-refractivity contribution is 5.52. The molecular weight excluding hydrogens is 314 g/mol.